The maximum absolute atomic E-state index is 11.8. The number of hydrogen-bond donors (Lipinski definition) is 2. The molecule has 2 N–H and O–H groups in total. The molecule has 2 saturated heterocycles. The molecule has 0 aliphatic carbocycles. The molecule has 0 bridgehead atoms. The maximum atomic E-state index is 11.8. The lowest BCUT2D eigenvalue weighted by molar-refractivity contribution is -0.171. The largest absolute Gasteiger partial charge is 0.432 e. The fraction of sp³-hybridized carbons (Fsp3) is 0.786. The highest BCUT2D eigenvalue weighted by atomic mass is 16.7. The molecule has 8 nitrogen and oxygen atoms in total. The van der Waals surface area contributed by atoms with Gasteiger partial charge in [-0.05, 0) is 32.2 Å². The molecule has 1 unspecified atom stereocenters. The van der Waals surface area contributed by atoms with Gasteiger partial charge < -0.3 is 20.2 Å². The van der Waals surface area contributed by atoms with Crippen LogP contribution in [-0.4, -0.2) is 65.3 Å². The summed E-state index contributed by atoms with van der Waals surface area (Å²) in [5, 5.41) is 12.1. The van der Waals surface area contributed by atoms with Crippen molar-refractivity contribution in [2.24, 2.45) is 0 Å². The minimum absolute atomic E-state index is 0.0283. The summed E-state index contributed by atoms with van der Waals surface area (Å²) in [6.07, 6.45) is 2.73. The third kappa shape index (κ3) is 4.67. The summed E-state index contributed by atoms with van der Waals surface area (Å²) >= 11 is 0. The van der Waals surface area contributed by atoms with E-state index < -0.39 is 17.9 Å². The second kappa shape index (κ2) is 8.09. The van der Waals surface area contributed by atoms with E-state index in [2.05, 4.69) is 10.2 Å². The molecule has 0 spiro atoms. The zero-order valence-corrected chi connectivity index (χ0v) is 12.6. The van der Waals surface area contributed by atoms with Crippen LogP contribution in [0.15, 0.2) is 0 Å². The lowest BCUT2D eigenvalue weighted by Crippen LogP contribution is -2.41. The Balaban J connectivity index is 1.74. The number of carbonyl (C=O) groups is 3. The van der Waals surface area contributed by atoms with E-state index in [9.17, 15) is 14.4 Å². The molecular weight excluding hydrogens is 290 g/mol. The first-order valence-corrected chi connectivity index (χ1v) is 7.77. The molecule has 0 saturated carbocycles. The molecule has 8 heteroatoms. The van der Waals surface area contributed by atoms with E-state index in [-0.39, 0.29) is 25.5 Å². The van der Waals surface area contributed by atoms with E-state index in [0.29, 0.717) is 5.06 Å². The van der Waals surface area contributed by atoms with Crippen LogP contribution in [0.4, 0.5) is 4.79 Å². The predicted molar refractivity (Wildman–Crippen MR) is 76.5 cm³/mol. The van der Waals surface area contributed by atoms with Gasteiger partial charge in [0.15, 0.2) is 0 Å². The highest BCUT2D eigenvalue weighted by molar-refractivity contribution is 6.01. The molecule has 0 aromatic rings. The van der Waals surface area contributed by atoms with Gasteiger partial charge in [-0.1, -0.05) is 0 Å². The van der Waals surface area contributed by atoms with Crippen LogP contribution in [0.25, 0.3) is 0 Å². The van der Waals surface area contributed by atoms with E-state index in [1.165, 1.54) is 0 Å². The van der Waals surface area contributed by atoms with Crippen molar-refractivity contribution < 1.29 is 24.3 Å². The predicted octanol–water partition coefficient (Wildman–Crippen LogP) is 0.0135. The van der Waals surface area contributed by atoms with Gasteiger partial charge in [-0.2, -0.15) is 0 Å². The zero-order valence-electron chi connectivity index (χ0n) is 12.6. The van der Waals surface area contributed by atoms with E-state index >= 15 is 0 Å². The van der Waals surface area contributed by atoms with Crippen LogP contribution >= 0.6 is 0 Å². The molecule has 1 atom stereocenters. The molecular formula is C14H23N3O5. The van der Waals surface area contributed by atoms with Gasteiger partial charge in [0.1, 0.15) is 0 Å². The van der Waals surface area contributed by atoms with Crippen LogP contribution in [0.2, 0.25) is 0 Å². The number of hydrogen-bond acceptors (Lipinski definition) is 6. The molecule has 2 aliphatic rings. The van der Waals surface area contributed by atoms with Gasteiger partial charge >= 0.3 is 6.09 Å². The standard InChI is InChI=1S/C14H23N3O5/c18-10-2-8-16-7-1-3-11(6-9-16)15-14(21)22-17-12(19)4-5-13(17)20/h11,18H,1-10H2,(H,15,21). The Bertz CT molecular complexity index is 413. The monoisotopic (exact) mass is 313 g/mol. The quantitative estimate of drug-likeness (QED) is 0.694. The van der Waals surface area contributed by atoms with Crippen molar-refractivity contribution in [2.75, 3.05) is 26.2 Å². The second-order valence-electron chi connectivity index (χ2n) is 5.65. The molecule has 2 fully saturated rings. The number of hydroxylamine groups is 2. The summed E-state index contributed by atoms with van der Waals surface area (Å²) in [6.45, 7) is 2.82. The molecule has 2 aliphatic heterocycles. The summed E-state index contributed by atoms with van der Waals surface area (Å²) in [5.41, 5.74) is 0. The van der Waals surface area contributed by atoms with Gasteiger partial charge in [0, 0.05) is 38.6 Å². The molecule has 22 heavy (non-hydrogen) atoms. The number of nitrogens with zero attached hydrogens (tertiary/aromatic N) is 2. The van der Waals surface area contributed by atoms with Crippen LogP contribution in [0.5, 0.6) is 0 Å². The van der Waals surface area contributed by atoms with Crippen molar-refractivity contribution in [3.63, 3.8) is 0 Å². The van der Waals surface area contributed by atoms with Crippen molar-refractivity contribution in [2.45, 2.75) is 44.6 Å². The topological polar surface area (TPSA) is 99.2 Å². The van der Waals surface area contributed by atoms with Gasteiger partial charge in [-0.3, -0.25) is 9.59 Å². The average Bonchev–Trinajstić information content (AvgIpc) is 2.69. The Morgan fingerprint density at radius 1 is 1.23 bits per heavy atom. The number of aliphatic hydroxyl groups is 1. The number of likely N-dealkylation sites (tertiary alicyclic amines) is 1. The summed E-state index contributed by atoms with van der Waals surface area (Å²) < 4.78 is 0. The molecule has 0 aromatic carbocycles. The van der Waals surface area contributed by atoms with Crippen LogP contribution in [0.1, 0.15) is 38.5 Å². The number of amides is 3. The molecule has 2 rings (SSSR count). The van der Waals surface area contributed by atoms with Crippen molar-refractivity contribution in [3.05, 3.63) is 0 Å². The number of nitrogens with one attached hydrogen (secondary N) is 1. The van der Waals surface area contributed by atoms with E-state index in [0.717, 1.165) is 45.3 Å². The van der Waals surface area contributed by atoms with Gasteiger partial charge in [0.2, 0.25) is 0 Å². The Kier molecular flexibility index (Phi) is 6.14. The van der Waals surface area contributed by atoms with E-state index in [4.69, 9.17) is 9.94 Å². The molecule has 2 heterocycles. The molecule has 0 aromatic heterocycles. The third-order valence-corrected chi connectivity index (χ3v) is 3.96. The minimum Gasteiger partial charge on any atom is -0.396 e. The van der Waals surface area contributed by atoms with Gasteiger partial charge in [-0.15, -0.1) is 5.06 Å². The molecule has 3 amide bonds. The lowest BCUT2D eigenvalue weighted by Gasteiger charge is -2.20. The van der Waals surface area contributed by atoms with Crippen molar-refractivity contribution in [1.29, 1.82) is 0 Å². The van der Waals surface area contributed by atoms with Gasteiger partial charge in [-0.25, -0.2) is 4.79 Å². The van der Waals surface area contributed by atoms with Crippen LogP contribution in [-0.2, 0) is 14.4 Å². The number of carbonyl (C=O) groups excluding carboxylic acids is 3. The number of aliphatic hydroxyl groups excluding tert-OH is 1. The van der Waals surface area contributed by atoms with Crippen LogP contribution in [0.3, 0.4) is 0 Å². The summed E-state index contributed by atoms with van der Waals surface area (Å²) in [7, 11) is 0. The fourth-order valence-corrected chi connectivity index (χ4v) is 2.75. The van der Waals surface area contributed by atoms with Crippen molar-refractivity contribution in [3.8, 4) is 0 Å². The fourth-order valence-electron chi connectivity index (χ4n) is 2.75. The number of rotatable bonds is 5. The van der Waals surface area contributed by atoms with Crippen molar-refractivity contribution in [1.82, 2.24) is 15.3 Å². The van der Waals surface area contributed by atoms with Crippen molar-refractivity contribution >= 4 is 17.9 Å². The van der Waals surface area contributed by atoms with Crippen LogP contribution < -0.4 is 5.32 Å². The van der Waals surface area contributed by atoms with Gasteiger partial charge in [0.05, 0.1) is 0 Å². The Hall–Kier alpha value is -1.67. The Morgan fingerprint density at radius 2 is 1.95 bits per heavy atom. The van der Waals surface area contributed by atoms with E-state index in [1.54, 1.807) is 0 Å². The highest BCUT2D eigenvalue weighted by Crippen LogP contribution is 2.14. The first-order chi connectivity index (χ1) is 10.6. The lowest BCUT2D eigenvalue weighted by atomic mass is 10.1. The Labute approximate surface area is 129 Å². The average molecular weight is 313 g/mol. The Morgan fingerprint density at radius 3 is 2.64 bits per heavy atom. The van der Waals surface area contributed by atoms with E-state index in [1.807, 2.05) is 0 Å². The van der Waals surface area contributed by atoms with Crippen LogP contribution in [0, 0.1) is 0 Å². The third-order valence-electron chi connectivity index (χ3n) is 3.96. The molecule has 0 radical (unpaired) electrons. The summed E-state index contributed by atoms with van der Waals surface area (Å²) in [4.78, 5) is 41.6. The van der Waals surface area contributed by atoms with Gasteiger partial charge in [0.25, 0.3) is 11.8 Å². The second-order valence-corrected chi connectivity index (χ2v) is 5.65. The zero-order chi connectivity index (χ0) is 15.9. The first-order valence-electron chi connectivity index (χ1n) is 7.77. The summed E-state index contributed by atoms with van der Waals surface area (Å²) in [6, 6.07) is -0.0283. The highest BCUT2D eigenvalue weighted by Gasteiger charge is 2.33. The minimum atomic E-state index is -0.752. The first kappa shape index (κ1) is 16.7. The maximum Gasteiger partial charge on any atom is 0.432 e. The molecule has 124 valence electrons. The smallest absolute Gasteiger partial charge is 0.396 e. The summed E-state index contributed by atoms with van der Waals surface area (Å²) in [5.74, 6) is -0.951. The normalized spacial score (nSPS) is 23.5. The number of imide groups is 1. The SMILES string of the molecule is O=C(NC1CCCN(CCCO)CC1)ON1C(=O)CCC1=O.